The molecule has 0 aliphatic rings. The maximum atomic E-state index is 13.2. The molecule has 0 saturated carbocycles. The Morgan fingerprint density at radius 1 is 1.57 bits per heavy atom. The van der Waals surface area contributed by atoms with Crippen molar-refractivity contribution in [3.63, 3.8) is 0 Å². The summed E-state index contributed by atoms with van der Waals surface area (Å²) >= 11 is 5.34. The lowest BCUT2D eigenvalue weighted by molar-refractivity contribution is 0.102. The number of Topliss-reactive ketones (excluding diaryl/α,β-unsaturated/α-hetero) is 1. The van der Waals surface area contributed by atoms with E-state index in [9.17, 15) is 9.18 Å². The van der Waals surface area contributed by atoms with E-state index < -0.39 is 5.82 Å². The molecule has 0 unspecified atom stereocenters. The van der Waals surface area contributed by atoms with Crippen LogP contribution in [0.5, 0.6) is 5.75 Å². The van der Waals surface area contributed by atoms with Gasteiger partial charge < -0.3 is 4.74 Å². The standard InChI is InChI=1S/C10H10ClFO2/c1-2-14-10-4-3-7(5-8(10)12)9(13)6-11/h3-5H,2,6H2,1H3. The molecule has 1 aromatic rings. The summed E-state index contributed by atoms with van der Waals surface area (Å²) in [4.78, 5) is 11.1. The van der Waals surface area contributed by atoms with Crippen LogP contribution in [0.4, 0.5) is 4.39 Å². The Kier molecular flexibility index (Phi) is 3.89. The minimum absolute atomic E-state index is 0.145. The Hall–Kier alpha value is -1.09. The highest BCUT2D eigenvalue weighted by atomic mass is 35.5. The number of hydrogen-bond donors (Lipinski definition) is 0. The van der Waals surface area contributed by atoms with E-state index in [0.717, 1.165) is 6.07 Å². The molecule has 0 N–H and O–H groups in total. The lowest BCUT2D eigenvalue weighted by Crippen LogP contribution is -2.02. The zero-order chi connectivity index (χ0) is 10.6. The summed E-state index contributed by atoms with van der Waals surface area (Å²) in [6.45, 7) is 2.15. The Labute approximate surface area is 86.6 Å². The summed E-state index contributed by atoms with van der Waals surface area (Å²) in [5, 5.41) is 0. The third kappa shape index (κ3) is 2.45. The average Bonchev–Trinajstić information content (AvgIpc) is 2.20. The van der Waals surface area contributed by atoms with E-state index in [1.807, 2.05) is 0 Å². The Morgan fingerprint density at radius 2 is 2.29 bits per heavy atom. The third-order valence-electron chi connectivity index (χ3n) is 1.68. The Bertz CT molecular complexity index is 339. The fraction of sp³-hybridized carbons (Fsp3) is 0.300. The van der Waals surface area contributed by atoms with E-state index in [4.69, 9.17) is 16.3 Å². The third-order valence-corrected chi connectivity index (χ3v) is 1.92. The van der Waals surface area contributed by atoms with Crippen LogP contribution in [0.3, 0.4) is 0 Å². The summed E-state index contributed by atoms with van der Waals surface area (Å²) < 4.78 is 18.2. The molecule has 0 radical (unpaired) electrons. The van der Waals surface area contributed by atoms with Gasteiger partial charge in [-0.05, 0) is 25.1 Å². The Balaban J connectivity index is 2.94. The molecule has 1 aromatic carbocycles. The zero-order valence-electron chi connectivity index (χ0n) is 7.72. The lowest BCUT2D eigenvalue weighted by atomic mass is 10.1. The Morgan fingerprint density at radius 3 is 2.79 bits per heavy atom. The first-order chi connectivity index (χ1) is 6.69. The number of halogens is 2. The molecule has 1 rings (SSSR count). The minimum atomic E-state index is -0.539. The molecular weight excluding hydrogens is 207 g/mol. The normalized spacial score (nSPS) is 9.93. The molecule has 0 fully saturated rings. The maximum absolute atomic E-state index is 13.2. The van der Waals surface area contributed by atoms with Gasteiger partial charge in [-0.15, -0.1) is 11.6 Å². The van der Waals surface area contributed by atoms with Crippen LogP contribution in [0.15, 0.2) is 18.2 Å². The smallest absolute Gasteiger partial charge is 0.177 e. The monoisotopic (exact) mass is 216 g/mol. The summed E-state index contributed by atoms with van der Waals surface area (Å²) in [6.07, 6.45) is 0. The van der Waals surface area contributed by atoms with Crippen LogP contribution < -0.4 is 4.74 Å². The second-order valence-corrected chi connectivity index (χ2v) is 2.90. The zero-order valence-corrected chi connectivity index (χ0v) is 8.47. The molecule has 0 bridgehead atoms. The highest BCUT2D eigenvalue weighted by Crippen LogP contribution is 2.18. The van der Waals surface area contributed by atoms with Gasteiger partial charge in [-0.3, -0.25) is 4.79 Å². The van der Waals surface area contributed by atoms with Gasteiger partial charge in [0.25, 0.3) is 0 Å². The van der Waals surface area contributed by atoms with E-state index >= 15 is 0 Å². The van der Waals surface area contributed by atoms with Gasteiger partial charge in [0.05, 0.1) is 12.5 Å². The van der Waals surface area contributed by atoms with Crippen molar-refractivity contribution in [2.75, 3.05) is 12.5 Å². The van der Waals surface area contributed by atoms with Gasteiger partial charge in [0.15, 0.2) is 17.3 Å². The van der Waals surface area contributed by atoms with Crippen LogP contribution in [-0.2, 0) is 0 Å². The van der Waals surface area contributed by atoms with Crippen molar-refractivity contribution in [3.8, 4) is 5.75 Å². The largest absolute Gasteiger partial charge is 0.491 e. The molecule has 0 amide bonds. The number of benzene rings is 1. The van der Waals surface area contributed by atoms with Gasteiger partial charge in [0, 0.05) is 5.56 Å². The first kappa shape index (κ1) is 11.0. The molecule has 0 spiro atoms. The number of carbonyl (C=O) groups is 1. The summed E-state index contributed by atoms with van der Waals surface area (Å²) in [7, 11) is 0. The number of alkyl halides is 1. The molecule has 0 heterocycles. The fourth-order valence-corrected chi connectivity index (χ4v) is 1.18. The minimum Gasteiger partial charge on any atom is -0.491 e. The molecule has 14 heavy (non-hydrogen) atoms. The van der Waals surface area contributed by atoms with E-state index in [1.54, 1.807) is 6.92 Å². The number of rotatable bonds is 4. The van der Waals surface area contributed by atoms with Crippen LogP contribution in [0.1, 0.15) is 17.3 Å². The topological polar surface area (TPSA) is 26.3 Å². The summed E-state index contributed by atoms with van der Waals surface area (Å²) in [6, 6.07) is 4.06. The average molecular weight is 217 g/mol. The summed E-state index contributed by atoms with van der Waals surface area (Å²) in [5.74, 6) is -0.831. The molecule has 0 atom stereocenters. The molecule has 4 heteroatoms. The first-order valence-corrected chi connectivity index (χ1v) is 4.74. The van der Waals surface area contributed by atoms with E-state index in [0.29, 0.717) is 6.61 Å². The SMILES string of the molecule is CCOc1ccc(C(=O)CCl)cc1F. The van der Waals surface area contributed by atoms with Crippen molar-refractivity contribution >= 4 is 17.4 Å². The predicted octanol–water partition coefficient (Wildman–Crippen LogP) is 2.65. The molecular formula is C10H10ClFO2. The van der Waals surface area contributed by atoms with Gasteiger partial charge in [0.2, 0.25) is 0 Å². The van der Waals surface area contributed by atoms with Gasteiger partial charge in [0.1, 0.15) is 0 Å². The van der Waals surface area contributed by atoms with Gasteiger partial charge in [-0.25, -0.2) is 4.39 Å². The van der Waals surface area contributed by atoms with E-state index in [1.165, 1.54) is 12.1 Å². The summed E-state index contributed by atoms with van der Waals surface area (Å²) in [5.41, 5.74) is 0.265. The highest BCUT2D eigenvalue weighted by Gasteiger charge is 2.08. The van der Waals surface area contributed by atoms with Crippen molar-refractivity contribution < 1.29 is 13.9 Å². The number of carbonyl (C=O) groups excluding carboxylic acids is 1. The first-order valence-electron chi connectivity index (χ1n) is 4.20. The van der Waals surface area contributed by atoms with Crippen molar-refractivity contribution in [1.82, 2.24) is 0 Å². The van der Waals surface area contributed by atoms with E-state index in [-0.39, 0.29) is 23.0 Å². The van der Waals surface area contributed by atoms with E-state index in [2.05, 4.69) is 0 Å². The quantitative estimate of drug-likeness (QED) is 0.571. The molecule has 0 aliphatic heterocycles. The van der Waals surface area contributed by atoms with Crippen LogP contribution in [-0.4, -0.2) is 18.3 Å². The molecule has 76 valence electrons. The number of ether oxygens (including phenoxy) is 1. The van der Waals surface area contributed by atoms with Crippen molar-refractivity contribution in [2.24, 2.45) is 0 Å². The van der Waals surface area contributed by atoms with Crippen molar-refractivity contribution in [3.05, 3.63) is 29.6 Å². The number of ketones is 1. The molecule has 0 saturated heterocycles. The highest BCUT2D eigenvalue weighted by molar-refractivity contribution is 6.30. The van der Waals surface area contributed by atoms with Crippen LogP contribution >= 0.6 is 11.6 Å². The lowest BCUT2D eigenvalue weighted by Gasteiger charge is -2.05. The second kappa shape index (κ2) is 4.96. The van der Waals surface area contributed by atoms with Crippen molar-refractivity contribution in [1.29, 1.82) is 0 Å². The predicted molar refractivity (Wildman–Crippen MR) is 52.6 cm³/mol. The molecule has 0 aliphatic carbocycles. The molecule has 2 nitrogen and oxygen atoms in total. The van der Waals surface area contributed by atoms with Crippen LogP contribution in [0.2, 0.25) is 0 Å². The van der Waals surface area contributed by atoms with Crippen LogP contribution in [0.25, 0.3) is 0 Å². The second-order valence-electron chi connectivity index (χ2n) is 2.64. The van der Waals surface area contributed by atoms with Crippen LogP contribution in [0, 0.1) is 5.82 Å². The fourth-order valence-electron chi connectivity index (χ4n) is 1.02. The maximum Gasteiger partial charge on any atom is 0.177 e. The van der Waals surface area contributed by atoms with Gasteiger partial charge >= 0.3 is 0 Å². The molecule has 0 aromatic heterocycles. The number of hydrogen-bond acceptors (Lipinski definition) is 2. The van der Waals surface area contributed by atoms with Gasteiger partial charge in [-0.1, -0.05) is 0 Å². The van der Waals surface area contributed by atoms with Crippen molar-refractivity contribution in [2.45, 2.75) is 6.92 Å². The van der Waals surface area contributed by atoms with Gasteiger partial charge in [-0.2, -0.15) is 0 Å².